The topological polar surface area (TPSA) is 69.8 Å². The van der Waals surface area contributed by atoms with Gasteiger partial charge in [0.05, 0.1) is 11.3 Å². The smallest absolute Gasteiger partial charge is 0.337 e. The van der Waals surface area contributed by atoms with Gasteiger partial charge in [-0.25, -0.2) is 4.79 Å². The van der Waals surface area contributed by atoms with Crippen molar-refractivity contribution in [2.75, 3.05) is 36.8 Å². The molecule has 0 amide bonds. The van der Waals surface area contributed by atoms with E-state index in [-0.39, 0.29) is 0 Å². The molecule has 5 heteroatoms. The molecule has 102 valence electrons. The fourth-order valence-corrected chi connectivity index (χ4v) is 2.76. The molecule has 3 N–H and O–H groups in total. The van der Waals surface area contributed by atoms with E-state index < -0.39 is 5.97 Å². The first-order chi connectivity index (χ1) is 9.15. The fraction of sp³-hybridized carbons (Fsp3) is 0.500. The second kappa shape index (κ2) is 4.74. The van der Waals surface area contributed by atoms with Crippen LogP contribution in [0.4, 0.5) is 11.4 Å². The average molecular weight is 261 g/mol. The molecule has 2 aliphatic rings. The van der Waals surface area contributed by atoms with Gasteiger partial charge in [-0.15, -0.1) is 0 Å². The minimum atomic E-state index is -0.889. The molecule has 5 nitrogen and oxygen atoms in total. The third-order valence-electron chi connectivity index (χ3n) is 3.97. The Labute approximate surface area is 112 Å². The van der Waals surface area contributed by atoms with Crippen LogP contribution >= 0.6 is 0 Å². The Morgan fingerprint density at radius 2 is 1.89 bits per heavy atom. The number of hydrogen-bond donors (Lipinski definition) is 2. The Bertz CT molecular complexity index is 491. The summed E-state index contributed by atoms with van der Waals surface area (Å²) in [5, 5.41) is 9.26. The highest BCUT2D eigenvalue weighted by Gasteiger charge is 2.31. The molecule has 1 saturated heterocycles. The lowest BCUT2D eigenvalue weighted by Gasteiger charge is -2.36. The lowest BCUT2D eigenvalue weighted by Crippen LogP contribution is -2.47. The van der Waals surface area contributed by atoms with Crippen molar-refractivity contribution in [2.24, 2.45) is 0 Å². The molecule has 0 radical (unpaired) electrons. The van der Waals surface area contributed by atoms with Gasteiger partial charge in [0, 0.05) is 37.9 Å². The lowest BCUT2D eigenvalue weighted by atomic mass is 10.1. The van der Waals surface area contributed by atoms with Gasteiger partial charge in [-0.3, -0.25) is 4.90 Å². The summed E-state index contributed by atoms with van der Waals surface area (Å²) < 4.78 is 0. The van der Waals surface area contributed by atoms with Crippen molar-refractivity contribution in [1.82, 2.24) is 4.90 Å². The van der Waals surface area contributed by atoms with Gasteiger partial charge in [-0.05, 0) is 31.0 Å². The van der Waals surface area contributed by atoms with Crippen LogP contribution in [0.25, 0.3) is 0 Å². The van der Waals surface area contributed by atoms with E-state index >= 15 is 0 Å². The second-order valence-electron chi connectivity index (χ2n) is 5.34. The molecule has 1 aliphatic heterocycles. The molecule has 2 fully saturated rings. The predicted molar refractivity (Wildman–Crippen MR) is 74.6 cm³/mol. The Kier molecular flexibility index (Phi) is 3.06. The van der Waals surface area contributed by atoms with Crippen LogP contribution in [0.5, 0.6) is 0 Å². The van der Waals surface area contributed by atoms with Crippen molar-refractivity contribution in [3.05, 3.63) is 23.8 Å². The molecule has 1 saturated carbocycles. The average Bonchev–Trinajstić information content (AvgIpc) is 3.23. The Morgan fingerprint density at radius 1 is 1.21 bits per heavy atom. The van der Waals surface area contributed by atoms with Crippen LogP contribution < -0.4 is 10.6 Å². The third-order valence-corrected chi connectivity index (χ3v) is 3.97. The van der Waals surface area contributed by atoms with Gasteiger partial charge in [0.25, 0.3) is 0 Å². The minimum absolute atomic E-state index is 0.342. The minimum Gasteiger partial charge on any atom is -0.478 e. The number of rotatable bonds is 3. The van der Waals surface area contributed by atoms with Crippen molar-refractivity contribution in [3.63, 3.8) is 0 Å². The maximum Gasteiger partial charge on any atom is 0.337 e. The summed E-state index contributed by atoms with van der Waals surface area (Å²) in [4.78, 5) is 15.9. The van der Waals surface area contributed by atoms with E-state index in [4.69, 9.17) is 5.73 Å². The number of carboxylic acid groups (broad SMARTS) is 1. The van der Waals surface area contributed by atoms with E-state index in [0.29, 0.717) is 11.3 Å². The van der Waals surface area contributed by atoms with E-state index in [2.05, 4.69) is 9.80 Å². The molecular formula is C14H19N3O2. The molecule has 0 spiro atoms. The highest BCUT2D eigenvalue weighted by Crippen LogP contribution is 2.30. The van der Waals surface area contributed by atoms with Crippen LogP contribution in [-0.2, 0) is 0 Å². The summed E-state index contributed by atoms with van der Waals surface area (Å²) in [5.41, 5.74) is 7.50. The number of piperazine rings is 1. The van der Waals surface area contributed by atoms with Gasteiger partial charge in [0.15, 0.2) is 0 Å². The van der Waals surface area contributed by atoms with E-state index in [0.717, 1.165) is 37.9 Å². The van der Waals surface area contributed by atoms with E-state index in [1.807, 2.05) is 0 Å². The van der Waals surface area contributed by atoms with Crippen molar-refractivity contribution >= 4 is 17.3 Å². The Hall–Kier alpha value is -1.75. The van der Waals surface area contributed by atoms with E-state index in [9.17, 15) is 9.90 Å². The number of carboxylic acids is 1. The normalized spacial score (nSPS) is 20.5. The molecule has 0 unspecified atom stereocenters. The maximum atomic E-state index is 11.3. The lowest BCUT2D eigenvalue weighted by molar-refractivity contribution is 0.0697. The number of anilines is 2. The second-order valence-corrected chi connectivity index (χ2v) is 5.34. The van der Waals surface area contributed by atoms with Gasteiger partial charge in [-0.2, -0.15) is 0 Å². The summed E-state index contributed by atoms with van der Waals surface area (Å²) in [6.45, 7) is 3.78. The third kappa shape index (κ3) is 2.51. The summed E-state index contributed by atoms with van der Waals surface area (Å²) in [7, 11) is 0. The Morgan fingerprint density at radius 3 is 2.47 bits per heavy atom. The molecule has 1 heterocycles. The summed E-state index contributed by atoms with van der Waals surface area (Å²) in [6, 6.07) is 5.80. The molecule has 19 heavy (non-hydrogen) atoms. The zero-order valence-corrected chi connectivity index (χ0v) is 10.9. The molecule has 1 aliphatic carbocycles. The number of nitrogens with zero attached hydrogens (tertiary/aromatic N) is 2. The first-order valence-corrected chi connectivity index (χ1v) is 6.77. The quantitative estimate of drug-likeness (QED) is 0.801. The summed E-state index contributed by atoms with van der Waals surface area (Å²) in [5.74, 6) is -0.889. The van der Waals surface area contributed by atoms with Crippen LogP contribution in [0, 0.1) is 0 Å². The van der Waals surface area contributed by atoms with Gasteiger partial charge in [-0.1, -0.05) is 0 Å². The van der Waals surface area contributed by atoms with Crippen molar-refractivity contribution < 1.29 is 9.90 Å². The summed E-state index contributed by atoms with van der Waals surface area (Å²) >= 11 is 0. The first kappa shape index (κ1) is 12.3. The molecule has 0 atom stereocenters. The number of aromatic carboxylic acids is 1. The zero-order chi connectivity index (χ0) is 13.4. The van der Waals surface area contributed by atoms with Crippen molar-refractivity contribution in [1.29, 1.82) is 0 Å². The highest BCUT2D eigenvalue weighted by molar-refractivity contribution is 5.95. The van der Waals surface area contributed by atoms with Gasteiger partial charge >= 0.3 is 5.97 Å². The van der Waals surface area contributed by atoms with E-state index in [1.54, 1.807) is 18.2 Å². The monoisotopic (exact) mass is 261 g/mol. The molecule has 0 bridgehead atoms. The summed E-state index contributed by atoms with van der Waals surface area (Å²) in [6.07, 6.45) is 2.64. The van der Waals surface area contributed by atoms with Crippen LogP contribution in [-0.4, -0.2) is 48.2 Å². The fourth-order valence-electron chi connectivity index (χ4n) is 2.76. The zero-order valence-electron chi connectivity index (χ0n) is 10.9. The largest absolute Gasteiger partial charge is 0.478 e. The number of benzene rings is 1. The SMILES string of the molecule is Nc1ccc(C(=O)O)c(N2CCN(C3CC3)CC2)c1. The predicted octanol–water partition coefficient (Wildman–Crippen LogP) is 1.25. The van der Waals surface area contributed by atoms with Gasteiger partial charge < -0.3 is 15.7 Å². The van der Waals surface area contributed by atoms with Gasteiger partial charge in [0.2, 0.25) is 0 Å². The number of hydrogen-bond acceptors (Lipinski definition) is 4. The van der Waals surface area contributed by atoms with Crippen LogP contribution in [0.15, 0.2) is 18.2 Å². The van der Waals surface area contributed by atoms with Crippen LogP contribution in [0.1, 0.15) is 23.2 Å². The molecule has 1 aromatic rings. The first-order valence-electron chi connectivity index (χ1n) is 6.77. The van der Waals surface area contributed by atoms with Crippen LogP contribution in [0.2, 0.25) is 0 Å². The van der Waals surface area contributed by atoms with Crippen molar-refractivity contribution in [3.8, 4) is 0 Å². The van der Waals surface area contributed by atoms with Gasteiger partial charge in [0.1, 0.15) is 0 Å². The van der Waals surface area contributed by atoms with E-state index in [1.165, 1.54) is 12.8 Å². The molecule has 3 rings (SSSR count). The van der Waals surface area contributed by atoms with Crippen LogP contribution in [0.3, 0.4) is 0 Å². The molecular weight excluding hydrogens is 242 g/mol. The molecule has 1 aromatic carbocycles. The number of nitrogens with two attached hydrogens (primary N) is 1. The highest BCUT2D eigenvalue weighted by atomic mass is 16.4. The number of nitrogen functional groups attached to an aromatic ring is 1. The molecule has 0 aromatic heterocycles. The van der Waals surface area contributed by atoms with Crippen molar-refractivity contribution in [2.45, 2.75) is 18.9 Å². The number of carbonyl (C=O) groups is 1. The maximum absolute atomic E-state index is 11.3. The standard InChI is InChI=1S/C14H19N3O2/c15-10-1-4-12(14(18)19)13(9-10)17-7-5-16(6-8-17)11-2-3-11/h1,4,9,11H,2-3,5-8,15H2,(H,18,19). The Balaban J connectivity index is 1.78.